The molecule has 3 fully saturated rings. The average molecular weight is 380 g/mol. The Morgan fingerprint density at radius 3 is 2.30 bits per heavy atom. The van der Waals surface area contributed by atoms with E-state index in [2.05, 4.69) is 40.8 Å². The minimum atomic E-state index is 0.217. The molecule has 0 radical (unpaired) electrons. The predicted molar refractivity (Wildman–Crippen MR) is 112 cm³/mol. The van der Waals surface area contributed by atoms with E-state index >= 15 is 0 Å². The third-order valence-electron chi connectivity index (χ3n) is 6.35. The van der Waals surface area contributed by atoms with Crippen LogP contribution < -0.4 is 5.32 Å². The van der Waals surface area contributed by atoms with Crippen LogP contribution in [0, 0.1) is 5.92 Å². The first-order chi connectivity index (χ1) is 13.1. The van der Waals surface area contributed by atoms with E-state index < -0.39 is 0 Å². The maximum Gasteiger partial charge on any atom is 0.194 e. The molecule has 0 spiro atoms. The van der Waals surface area contributed by atoms with Gasteiger partial charge >= 0.3 is 0 Å². The van der Waals surface area contributed by atoms with Gasteiger partial charge in [0.2, 0.25) is 0 Å². The van der Waals surface area contributed by atoms with Crippen molar-refractivity contribution in [2.75, 3.05) is 72.1 Å². The van der Waals surface area contributed by atoms with Crippen molar-refractivity contribution in [3.05, 3.63) is 0 Å². The zero-order valence-electron chi connectivity index (χ0n) is 17.9. The molecule has 6 heteroatoms. The van der Waals surface area contributed by atoms with Crippen molar-refractivity contribution in [2.45, 2.75) is 52.0 Å². The number of nitrogens with zero attached hydrogens (tertiary/aromatic N) is 4. The van der Waals surface area contributed by atoms with Gasteiger partial charge in [-0.15, -0.1) is 0 Å². The smallest absolute Gasteiger partial charge is 0.194 e. The van der Waals surface area contributed by atoms with E-state index in [1.54, 1.807) is 0 Å². The zero-order valence-corrected chi connectivity index (χ0v) is 17.9. The van der Waals surface area contributed by atoms with E-state index in [1.807, 2.05) is 0 Å². The zero-order chi connectivity index (χ0) is 19.1. The summed E-state index contributed by atoms with van der Waals surface area (Å²) in [5.41, 5.74) is 0.217. The Morgan fingerprint density at radius 2 is 1.70 bits per heavy atom. The fraction of sp³-hybridized carbons (Fsp3) is 0.952. The van der Waals surface area contributed by atoms with E-state index in [9.17, 15) is 0 Å². The van der Waals surface area contributed by atoms with Gasteiger partial charge in [-0.2, -0.15) is 0 Å². The van der Waals surface area contributed by atoms with E-state index in [-0.39, 0.29) is 5.54 Å². The lowest BCUT2D eigenvalue weighted by molar-refractivity contribution is -0.0140. The lowest BCUT2D eigenvalue weighted by Crippen LogP contribution is -2.55. The van der Waals surface area contributed by atoms with Crippen molar-refractivity contribution in [2.24, 2.45) is 10.9 Å². The predicted octanol–water partition coefficient (Wildman–Crippen LogP) is 1.87. The monoisotopic (exact) mass is 379 g/mol. The molecule has 3 rings (SSSR count). The molecule has 6 nitrogen and oxygen atoms in total. The second-order valence-corrected chi connectivity index (χ2v) is 8.88. The summed E-state index contributed by atoms with van der Waals surface area (Å²) >= 11 is 0. The average Bonchev–Trinajstić information content (AvgIpc) is 3.22. The Kier molecular flexibility index (Phi) is 7.79. The van der Waals surface area contributed by atoms with Crippen molar-refractivity contribution in [1.82, 2.24) is 20.0 Å². The topological polar surface area (TPSA) is 43.3 Å². The van der Waals surface area contributed by atoms with Crippen LogP contribution >= 0.6 is 0 Å². The third-order valence-corrected chi connectivity index (χ3v) is 6.35. The molecule has 3 saturated heterocycles. The minimum absolute atomic E-state index is 0.217. The normalized spacial score (nSPS) is 25.3. The summed E-state index contributed by atoms with van der Waals surface area (Å²) in [6.45, 7) is 18.5. The van der Waals surface area contributed by atoms with Gasteiger partial charge in [-0.05, 0) is 51.6 Å². The van der Waals surface area contributed by atoms with Crippen LogP contribution in [0.15, 0.2) is 4.99 Å². The van der Waals surface area contributed by atoms with Crippen LogP contribution in [-0.2, 0) is 4.74 Å². The van der Waals surface area contributed by atoms with Crippen molar-refractivity contribution < 1.29 is 4.74 Å². The minimum Gasteiger partial charge on any atom is -0.381 e. The molecule has 0 bridgehead atoms. The van der Waals surface area contributed by atoms with Gasteiger partial charge < -0.3 is 15.0 Å². The summed E-state index contributed by atoms with van der Waals surface area (Å²) in [7, 11) is 0. The molecule has 0 aromatic heterocycles. The van der Waals surface area contributed by atoms with Gasteiger partial charge in [0.1, 0.15) is 0 Å². The third kappa shape index (κ3) is 5.58. The van der Waals surface area contributed by atoms with Gasteiger partial charge in [0.25, 0.3) is 0 Å². The number of guanidine groups is 1. The second-order valence-electron chi connectivity index (χ2n) is 8.88. The number of hydrogen-bond donors (Lipinski definition) is 1. The molecule has 27 heavy (non-hydrogen) atoms. The molecule has 3 aliphatic rings. The summed E-state index contributed by atoms with van der Waals surface area (Å²) in [6.07, 6.45) is 4.92. The molecule has 0 aliphatic carbocycles. The van der Waals surface area contributed by atoms with Crippen molar-refractivity contribution in [3.63, 3.8) is 0 Å². The van der Waals surface area contributed by atoms with Gasteiger partial charge in [0, 0.05) is 58.0 Å². The molecule has 0 aromatic carbocycles. The summed E-state index contributed by atoms with van der Waals surface area (Å²) < 4.78 is 5.69. The van der Waals surface area contributed by atoms with Gasteiger partial charge in [-0.25, -0.2) is 0 Å². The Morgan fingerprint density at radius 1 is 1.04 bits per heavy atom. The molecular formula is C21H41N5O. The first-order valence-corrected chi connectivity index (χ1v) is 11.2. The molecule has 0 saturated carbocycles. The standard InChI is InChI=1S/C21H41N5O/c1-4-22-20(25-13-11-24(12-14-25)17-19(2)3)23-18-21(7-15-27-16-8-21)26-9-5-6-10-26/h19H,4-18H2,1-3H3,(H,22,23). The molecule has 3 heterocycles. The first kappa shape index (κ1) is 20.9. The highest BCUT2D eigenvalue weighted by Gasteiger charge is 2.39. The van der Waals surface area contributed by atoms with Gasteiger partial charge in [-0.3, -0.25) is 14.8 Å². The highest BCUT2D eigenvalue weighted by atomic mass is 16.5. The highest BCUT2D eigenvalue weighted by Crippen LogP contribution is 2.31. The quantitative estimate of drug-likeness (QED) is 0.564. The van der Waals surface area contributed by atoms with Crippen LogP contribution in [0.25, 0.3) is 0 Å². The number of hydrogen-bond acceptors (Lipinski definition) is 4. The van der Waals surface area contributed by atoms with E-state index in [0.29, 0.717) is 0 Å². The lowest BCUT2D eigenvalue weighted by Gasteiger charge is -2.44. The lowest BCUT2D eigenvalue weighted by atomic mass is 9.88. The fourth-order valence-corrected chi connectivity index (χ4v) is 4.82. The SMILES string of the molecule is CCNC(=NCC1(N2CCCC2)CCOCC1)N1CCN(CC(C)C)CC1. The Balaban J connectivity index is 1.63. The molecular weight excluding hydrogens is 338 g/mol. The highest BCUT2D eigenvalue weighted by molar-refractivity contribution is 5.80. The summed E-state index contributed by atoms with van der Waals surface area (Å²) in [5, 5.41) is 3.56. The summed E-state index contributed by atoms with van der Waals surface area (Å²) in [6, 6.07) is 0. The molecule has 3 aliphatic heterocycles. The molecule has 1 N–H and O–H groups in total. The van der Waals surface area contributed by atoms with Crippen molar-refractivity contribution in [1.29, 1.82) is 0 Å². The van der Waals surface area contributed by atoms with Crippen LogP contribution in [0.4, 0.5) is 0 Å². The number of piperazine rings is 1. The van der Waals surface area contributed by atoms with Crippen LogP contribution in [-0.4, -0.2) is 98.3 Å². The number of nitrogens with one attached hydrogen (secondary N) is 1. The first-order valence-electron chi connectivity index (χ1n) is 11.2. The van der Waals surface area contributed by atoms with Crippen molar-refractivity contribution in [3.8, 4) is 0 Å². The molecule has 156 valence electrons. The molecule has 0 atom stereocenters. The summed E-state index contributed by atoms with van der Waals surface area (Å²) in [4.78, 5) is 13.0. The van der Waals surface area contributed by atoms with E-state index in [0.717, 1.165) is 77.2 Å². The second kappa shape index (κ2) is 10.1. The number of likely N-dealkylation sites (tertiary alicyclic amines) is 1. The Labute approximate surface area is 166 Å². The van der Waals surface area contributed by atoms with Gasteiger partial charge in [0.15, 0.2) is 5.96 Å². The maximum atomic E-state index is 5.69. The number of ether oxygens (including phenoxy) is 1. The van der Waals surface area contributed by atoms with E-state index in [1.165, 1.54) is 32.5 Å². The maximum absolute atomic E-state index is 5.69. The fourth-order valence-electron chi connectivity index (χ4n) is 4.82. The largest absolute Gasteiger partial charge is 0.381 e. The molecule has 0 unspecified atom stereocenters. The molecule has 0 amide bonds. The molecule has 0 aromatic rings. The van der Waals surface area contributed by atoms with Crippen LogP contribution in [0.1, 0.15) is 46.5 Å². The Hall–Kier alpha value is -0.850. The van der Waals surface area contributed by atoms with Crippen LogP contribution in [0.3, 0.4) is 0 Å². The van der Waals surface area contributed by atoms with Crippen LogP contribution in [0.2, 0.25) is 0 Å². The van der Waals surface area contributed by atoms with E-state index in [4.69, 9.17) is 9.73 Å². The van der Waals surface area contributed by atoms with Gasteiger partial charge in [0.05, 0.1) is 6.54 Å². The van der Waals surface area contributed by atoms with Gasteiger partial charge in [-0.1, -0.05) is 13.8 Å². The number of rotatable bonds is 6. The van der Waals surface area contributed by atoms with Crippen molar-refractivity contribution >= 4 is 5.96 Å². The summed E-state index contributed by atoms with van der Waals surface area (Å²) in [5.74, 6) is 1.86. The Bertz CT molecular complexity index is 461. The van der Waals surface area contributed by atoms with Crippen LogP contribution in [0.5, 0.6) is 0 Å². The number of aliphatic imine (C=N–C) groups is 1.